The van der Waals surface area contributed by atoms with Gasteiger partial charge in [0.15, 0.2) is 5.82 Å². The molecular weight excluding hydrogens is 368 g/mol. The molecule has 2 aromatic carbocycles. The summed E-state index contributed by atoms with van der Waals surface area (Å²) >= 11 is 6.01. The Hall–Kier alpha value is -3.50. The number of benzene rings is 2. The molecule has 3 aromatic rings. The number of hydrogen-bond acceptors (Lipinski definition) is 4. The minimum Gasteiger partial charge on any atom is -0.465 e. The molecule has 0 aliphatic carbocycles. The average Bonchev–Trinajstić information content (AvgIpc) is 2.64. The highest BCUT2D eigenvalue weighted by atomic mass is 35.5. The maximum absolute atomic E-state index is 13.0. The summed E-state index contributed by atoms with van der Waals surface area (Å²) in [6.45, 7) is 0. The van der Waals surface area contributed by atoms with Crippen molar-refractivity contribution in [3.8, 4) is 12.3 Å². The molecule has 0 spiro atoms. The van der Waals surface area contributed by atoms with Crippen LogP contribution in [0.1, 0.15) is 18.3 Å². The van der Waals surface area contributed by atoms with Crippen LogP contribution < -0.4 is 16.3 Å². The van der Waals surface area contributed by atoms with E-state index in [9.17, 15) is 9.59 Å². The van der Waals surface area contributed by atoms with Crippen molar-refractivity contribution in [2.75, 3.05) is 5.43 Å². The molecule has 1 atom stereocenters. The third kappa shape index (κ3) is 4.02. The van der Waals surface area contributed by atoms with Gasteiger partial charge in [0.25, 0.3) is 5.56 Å². The van der Waals surface area contributed by atoms with Crippen LogP contribution in [0, 0.1) is 12.3 Å². The lowest BCUT2D eigenvalue weighted by molar-refractivity contribution is 0.189. The first-order chi connectivity index (χ1) is 13.0. The van der Waals surface area contributed by atoms with Crippen molar-refractivity contribution in [3.05, 3.63) is 69.7 Å². The Morgan fingerprint density at radius 3 is 2.70 bits per heavy atom. The summed E-state index contributed by atoms with van der Waals surface area (Å²) in [6, 6.07) is 12.8. The van der Waals surface area contributed by atoms with E-state index in [0.29, 0.717) is 21.6 Å². The van der Waals surface area contributed by atoms with Crippen LogP contribution in [-0.4, -0.2) is 20.9 Å². The summed E-state index contributed by atoms with van der Waals surface area (Å²) in [7, 11) is 0. The fourth-order valence-corrected chi connectivity index (χ4v) is 2.80. The fraction of sp³-hybridized carbons (Fsp3) is 0.105. The number of anilines is 1. The Labute approximate surface area is 159 Å². The Morgan fingerprint density at radius 1 is 1.30 bits per heavy atom. The summed E-state index contributed by atoms with van der Waals surface area (Å²) in [4.78, 5) is 28.7. The minimum atomic E-state index is -1.28. The molecule has 1 aromatic heterocycles. The zero-order valence-electron chi connectivity index (χ0n) is 14.0. The van der Waals surface area contributed by atoms with E-state index in [-0.39, 0.29) is 12.2 Å². The van der Waals surface area contributed by atoms with Crippen molar-refractivity contribution >= 4 is 34.3 Å². The van der Waals surface area contributed by atoms with Crippen molar-refractivity contribution in [1.82, 2.24) is 15.0 Å². The quantitative estimate of drug-likeness (QED) is 0.588. The average molecular weight is 383 g/mol. The van der Waals surface area contributed by atoms with E-state index in [0.717, 1.165) is 0 Å². The van der Waals surface area contributed by atoms with E-state index in [1.165, 1.54) is 4.68 Å². The molecule has 136 valence electrons. The molecule has 0 saturated heterocycles. The monoisotopic (exact) mass is 382 g/mol. The summed E-state index contributed by atoms with van der Waals surface area (Å²) in [5, 5.41) is 12.2. The molecule has 0 saturated carbocycles. The van der Waals surface area contributed by atoms with Gasteiger partial charge in [-0.25, -0.2) is 14.5 Å². The van der Waals surface area contributed by atoms with E-state index in [4.69, 9.17) is 23.1 Å². The van der Waals surface area contributed by atoms with Crippen molar-refractivity contribution in [3.63, 3.8) is 0 Å². The highest BCUT2D eigenvalue weighted by Crippen LogP contribution is 2.20. The molecule has 0 unspecified atom stereocenters. The van der Waals surface area contributed by atoms with Crippen LogP contribution in [0.2, 0.25) is 5.02 Å². The lowest BCUT2D eigenvalue weighted by Gasteiger charge is -2.21. The zero-order valence-corrected chi connectivity index (χ0v) is 14.8. The molecular formula is C19H15ClN4O3. The number of nitrogens with one attached hydrogen (secondary N) is 2. The SMILES string of the molecule is C#CC[C@@H](NC(=O)O)c1nc2cc(Cl)ccc2c(=O)n1Nc1ccccc1. The van der Waals surface area contributed by atoms with Crippen LogP contribution in [0.15, 0.2) is 53.3 Å². The van der Waals surface area contributed by atoms with Gasteiger partial charge in [-0.05, 0) is 30.3 Å². The number of hydrogen-bond donors (Lipinski definition) is 3. The zero-order chi connectivity index (χ0) is 19.4. The van der Waals surface area contributed by atoms with Crippen molar-refractivity contribution in [1.29, 1.82) is 0 Å². The lowest BCUT2D eigenvalue weighted by atomic mass is 10.1. The normalized spacial score (nSPS) is 11.6. The predicted octanol–water partition coefficient (Wildman–Crippen LogP) is 3.26. The number of para-hydroxylation sites is 1. The third-order valence-corrected chi connectivity index (χ3v) is 4.04. The third-order valence-electron chi connectivity index (χ3n) is 3.80. The smallest absolute Gasteiger partial charge is 0.405 e. The van der Waals surface area contributed by atoms with E-state index in [1.54, 1.807) is 42.5 Å². The summed E-state index contributed by atoms with van der Waals surface area (Å²) < 4.78 is 1.20. The van der Waals surface area contributed by atoms with Crippen molar-refractivity contribution in [2.24, 2.45) is 0 Å². The second kappa shape index (κ2) is 7.81. The standard InChI is InChI=1S/C19H15ClN4O3/c1-2-6-15(22-19(26)27)17-21-16-11-12(20)9-10-14(16)18(25)24(17)23-13-7-4-3-5-8-13/h1,3-5,7-11,15,22-23H,6H2,(H,26,27)/t15-/m1/s1. The number of halogens is 1. The lowest BCUT2D eigenvalue weighted by Crippen LogP contribution is -2.37. The number of carbonyl (C=O) groups is 1. The highest BCUT2D eigenvalue weighted by molar-refractivity contribution is 6.31. The van der Waals surface area contributed by atoms with E-state index < -0.39 is 17.7 Å². The molecule has 27 heavy (non-hydrogen) atoms. The molecule has 0 aliphatic heterocycles. The Balaban J connectivity index is 2.24. The van der Waals surface area contributed by atoms with Gasteiger partial charge in [0.05, 0.1) is 16.6 Å². The van der Waals surface area contributed by atoms with E-state index in [2.05, 4.69) is 21.6 Å². The van der Waals surface area contributed by atoms with Crippen molar-refractivity contribution in [2.45, 2.75) is 12.5 Å². The summed E-state index contributed by atoms with van der Waals surface area (Å²) in [5.41, 5.74) is 3.55. The molecule has 3 N–H and O–H groups in total. The first-order valence-corrected chi connectivity index (χ1v) is 8.34. The maximum atomic E-state index is 13.0. The summed E-state index contributed by atoms with van der Waals surface area (Å²) in [6.07, 6.45) is 4.12. The highest BCUT2D eigenvalue weighted by Gasteiger charge is 2.22. The van der Waals surface area contributed by atoms with Gasteiger partial charge < -0.3 is 10.4 Å². The van der Waals surface area contributed by atoms with Gasteiger partial charge in [-0.3, -0.25) is 10.2 Å². The van der Waals surface area contributed by atoms with Gasteiger partial charge in [-0.15, -0.1) is 12.3 Å². The molecule has 1 heterocycles. The topological polar surface area (TPSA) is 96.2 Å². The van der Waals surface area contributed by atoms with Gasteiger partial charge >= 0.3 is 6.09 Å². The number of carboxylic acid groups (broad SMARTS) is 1. The first kappa shape index (κ1) is 18.3. The largest absolute Gasteiger partial charge is 0.465 e. The van der Waals surface area contributed by atoms with Crippen LogP contribution in [0.25, 0.3) is 10.9 Å². The molecule has 0 bridgehead atoms. The predicted molar refractivity (Wildman–Crippen MR) is 104 cm³/mol. The Bertz CT molecular complexity index is 1090. The Morgan fingerprint density at radius 2 is 2.04 bits per heavy atom. The number of fused-ring (bicyclic) bond motifs is 1. The van der Waals surface area contributed by atoms with Gasteiger partial charge in [-0.2, -0.15) is 0 Å². The molecule has 7 nitrogen and oxygen atoms in total. The first-order valence-electron chi connectivity index (χ1n) is 7.97. The van der Waals surface area contributed by atoms with Crippen LogP contribution >= 0.6 is 11.6 Å². The Kier molecular flexibility index (Phi) is 5.29. The molecule has 0 aliphatic rings. The molecule has 0 fully saturated rings. The number of rotatable bonds is 5. The van der Waals surface area contributed by atoms with Gasteiger partial charge in [0, 0.05) is 11.4 Å². The van der Waals surface area contributed by atoms with Crippen LogP contribution in [0.4, 0.5) is 10.5 Å². The second-order valence-electron chi connectivity index (χ2n) is 5.66. The second-order valence-corrected chi connectivity index (χ2v) is 6.10. The fourth-order valence-electron chi connectivity index (χ4n) is 2.63. The van der Waals surface area contributed by atoms with E-state index in [1.807, 2.05) is 6.07 Å². The van der Waals surface area contributed by atoms with E-state index >= 15 is 0 Å². The molecule has 1 amide bonds. The van der Waals surface area contributed by atoms with Gasteiger partial charge in [-0.1, -0.05) is 29.8 Å². The maximum Gasteiger partial charge on any atom is 0.405 e. The summed E-state index contributed by atoms with van der Waals surface area (Å²) in [5.74, 6) is 2.54. The van der Waals surface area contributed by atoms with Crippen LogP contribution in [0.5, 0.6) is 0 Å². The number of amides is 1. The van der Waals surface area contributed by atoms with Gasteiger partial charge in [0.2, 0.25) is 0 Å². The molecule has 8 heteroatoms. The number of aromatic nitrogens is 2. The number of nitrogens with zero attached hydrogens (tertiary/aromatic N) is 2. The molecule has 3 rings (SSSR count). The van der Waals surface area contributed by atoms with Crippen LogP contribution in [0.3, 0.4) is 0 Å². The van der Waals surface area contributed by atoms with Crippen LogP contribution in [-0.2, 0) is 0 Å². The van der Waals surface area contributed by atoms with Gasteiger partial charge in [0.1, 0.15) is 6.04 Å². The number of terminal acetylenes is 1. The minimum absolute atomic E-state index is 0.0152. The molecule has 0 radical (unpaired) electrons. The van der Waals surface area contributed by atoms with Crippen molar-refractivity contribution < 1.29 is 9.90 Å².